The summed E-state index contributed by atoms with van der Waals surface area (Å²) in [6, 6.07) is 1.56. The molecule has 1 rings (SSSR count). The van der Waals surface area contributed by atoms with E-state index >= 15 is 0 Å². The van der Waals surface area contributed by atoms with Gasteiger partial charge in [0, 0.05) is 9.77 Å². The molecule has 0 aliphatic carbocycles. The van der Waals surface area contributed by atoms with Gasteiger partial charge in [-0.1, -0.05) is 0 Å². The number of carboxylic acids is 1. The van der Waals surface area contributed by atoms with Gasteiger partial charge in [-0.05, 0) is 44.6 Å². The van der Waals surface area contributed by atoms with Crippen molar-refractivity contribution in [3.63, 3.8) is 0 Å². The molecule has 1 aromatic heterocycles. The van der Waals surface area contributed by atoms with E-state index in [-0.39, 0.29) is 5.56 Å². The summed E-state index contributed by atoms with van der Waals surface area (Å²) >= 11 is 5.04. The number of halogens is 2. The molecule has 0 aromatic carbocycles. The van der Waals surface area contributed by atoms with E-state index in [9.17, 15) is 4.79 Å². The molecule has 58 valence electrons. The maximum atomic E-state index is 10.5. The molecular weight excluding hydrogens is 325 g/mol. The van der Waals surface area contributed by atoms with Crippen molar-refractivity contribution in [1.82, 2.24) is 4.98 Å². The standard InChI is InChI=1S/C6H3BrINO2/c7-5-4(6(10)11)1-3(8)2-9-5/h1-2H,(H,10,11). The number of carboxylic acid groups (broad SMARTS) is 1. The van der Waals surface area contributed by atoms with Gasteiger partial charge in [0.05, 0.1) is 5.56 Å². The van der Waals surface area contributed by atoms with E-state index < -0.39 is 5.97 Å². The van der Waals surface area contributed by atoms with Crippen molar-refractivity contribution in [3.8, 4) is 0 Å². The Morgan fingerprint density at radius 2 is 2.36 bits per heavy atom. The molecule has 0 amide bonds. The molecule has 0 saturated carbocycles. The molecule has 1 N–H and O–H groups in total. The Bertz CT molecular complexity index is 303. The topological polar surface area (TPSA) is 50.2 Å². The third-order valence-corrected chi connectivity index (χ3v) is 2.26. The smallest absolute Gasteiger partial charge is 0.338 e. The van der Waals surface area contributed by atoms with Crippen molar-refractivity contribution < 1.29 is 9.90 Å². The molecule has 5 heteroatoms. The Balaban J connectivity index is 3.23. The van der Waals surface area contributed by atoms with Crippen LogP contribution in [0, 0.1) is 3.57 Å². The van der Waals surface area contributed by atoms with Crippen molar-refractivity contribution >= 4 is 44.5 Å². The second-order valence-corrected chi connectivity index (χ2v) is 3.79. The quantitative estimate of drug-likeness (QED) is 0.635. The van der Waals surface area contributed by atoms with Crippen molar-refractivity contribution in [2.24, 2.45) is 0 Å². The first-order valence-electron chi connectivity index (χ1n) is 2.65. The third kappa shape index (κ3) is 2.13. The van der Waals surface area contributed by atoms with Crippen LogP contribution in [0.15, 0.2) is 16.9 Å². The molecular formula is C6H3BrINO2. The monoisotopic (exact) mass is 327 g/mol. The SMILES string of the molecule is O=C(O)c1cc(I)cnc1Br. The highest BCUT2D eigenvalue weighted by Crippen LogP contribution is 2.15. The molecule has 0 spiro atoms. The first kappa shape index (κ1) is 8.92. The van der Waals surface area contributed by atoms with E-state index in [0.717, 1.165) is 3.57 Å². The van der Waals surface area contributed by atoms with Crippen molar-refractivity contribution in [1.29, 1.82) is 0 Å². The average molecular weight is 328 g/mol. The second kappa shape index (κ2) is 3.48. The van der Waals surface area contributed by atoms with Gasteiger partial charge >= 0.3 is 5.97 Å². The number of aromatic nitrogens is 1. The van der Waals surface area contributed by atoms with Crippen molar-refractivity contribution in [2.45, 2.75) is 0 Å². The molecule has 0 bridgehead atoms. The molecule has 0 radical (unpaired) electrons. The zero-order valence-electron chi connectivity index (χ0n) is 5.21. The van der Waals surface area contributed by atoms with Crippen LogP contribution in [0.1, 0.15) is 10.4 Å². The van der Waals surface area contributed by atoms with E-state index in [1.807, 2.05) is 22.6 Å². The molecule has 0 aliphatic rings. The van der Waals surface area contributed by atoms with E-state index in [4.69, 9.17) is 5.11 Å². The van der Waals surface area contributed by atoms with Crippen LogP contribution in [0.25, 0.3) is 0 Å². The van der Waals surface area contributed by atoms with Crippen LogP contribution < -0.4 is 0 Å². The van der Waals surface area contributed by atoms with E-state index in [1.54, 1.807) is 12.3 Å². The fourth-order valence-electron chi connectivity index (χ4n) is 0.573. The van der Waals surface area contributed by atoms with Crippen molar-refractivity contribution in [2.75, 3.05) is 0 Å². The Morgan fingerprint density at radius 1 is 1.73 bits per heavy atom. The fourth-order valence-corrected chi connectivity index (χ4v) is 1.41. The number of aromatic carboxylic acids is 1. The second-order valence-electron chi connectivity index (χ2n) is 1.80. The summed E-state index contributed by atoms with van der Waals surface area (Å²) in [7, 11) is 0. The number of rotatable bonds is 1. The van der Waals surface area contributed by atoms with E-state index in [0.29, 0.717) is 4.60 Å². The van der Waals surface area contributed by atoms with Gasteiger partial charge in [-0.15, -0.1) is 0 Å². The lowest BCUT2D eigenvalue weighted by atomic mass is 10.3. The van der Waals surface area contributed by atoms with Crippen LogP contribution in [-0.4, -0.2) is 16.1 Å². The third-order valence-electron chi connectivity index (χ3n) is 1.04. The summed E-state index contributed by atoms with van der Waals surface area (Å²) in [6.45, 7) is 0. The van der Waals surface area contributed by atoms with Gasteiger partial charge < -0.3 is 5.11 Å². The van der Waals surface area contributed by atoms with Gasteiger partial charge in [-0.2, -0.15) is 0 Å². The molecule has 0 saturated heterocycles. The van der Waals surface area contributed by atoms with Gasteiger partial charge in [0.2, 0.25) is 0 Å². The van der Waals surface area contributed by atoms with Crippen LogP contribution in [-0.2, 0) is 0 Å². The summed E-state index contributed by atoms with van der Waals surface area (Å²) in [5, 5.41) is 8.62. The fraction of sp³-hybridized carbons (Fsp3) is 0. The Hall–Kier alpha value is -0.170. The lowest BCUT2D eigenvalue weighted by Gasteiger charge is -1.96. The van der Waals surface area contributed by atoms with E-state index in [2.05, 4.69) is 20.9 Å². The van der Waals surface area contributed by atoms with Gasteiger partial charge in [-0.3, -0.25) is 0 Å². The number of carbonyl (C=O) groups is 1. The zero-order chi connectivity index (χ0) is 8.43. The molecule has 11 heavy (non-hydrogen) atoms. The minimum absolute atomic E-state index is 0.192. The molecule has 0 atom stereocenters. The lowest BCUT2D eigenvalue weighted by molar-refractivity contribution is 0.0695. The normalized spacial score (nSPS) is 9.64. The summed E-state index contributed by atoms with van der Waals surface area (Å²) in [5.74, 6) is -0.970. The highest BCUT2D eigenvalue weighted by Gasteiger charge is 2.08. The summed E-state index contributed by atoms with van der Waals surface area (Å²) in [5.41, 5.74) is 0.192. The molecule has 1 aromatic rings. The number of hydrogen-bond donors (Lipinski definition) is 1. The van der Waals surface area contributed by atoms with Gasteiger partial charge in [-0.25, -0.2) is 9.78 Å². The zero-order valence-corrected chi connectivity index (χ0v) is 8.96. The maximum Gasteiger partial charge on any atom is 0.338 e. The Labute approximate surface area is 85.1 Å². The number of nitrogens with zero attached hydrogens (tertiary/aromatic N) is 1. The highest BCUT2D eigenvalue weighted by molar-refractivity contribution is 14.1. The lowest BCUT2D eigenvalue weighted by Crippen LogP contribution is -1.99. The van der Waals surface area contributed by atoms with Gasteiger partial charge in [0.1, 0.15) is 4.60 Å². The highest BCUT2D eigenvalue weighted by atomic mass is 127. The Kier molecular flexibility index (Phi) is 2.83. The average Bonchev–Trinajstić information content (AvgIpc) is 1.94. The summed E-state index contributed by atoms with van der Waals surface area (Å²) in [4.78, 5) is 14.3. The van der Waals surface area contributed by atoms with Crippen LogP contribution in [0.3, 0.4) is 0 Å². The first-order chi connectivity index (χ1) is 5.11. The molecule has 1 heterocycles. The Morgan fingerprint density at radius 3 is 2.82 bits per heavy atom. The molecule has 3 nitrogen and oxygen atoms in total. The molecule has 0 fully saturated rings. The maximum absolute atomic E-state index is 10.5. The first-order valence-corrected chi connectivity index (χ1v) is 4.53. The largest absolute Gasteiger partial charge is 0.478 e. The molecule has 0 unspecified atom stereocenters. The van der Waals surface area contributed by atoms with Gasteiger partial charge in [0.25, 0.3) is 0 Å². The predicted octanol–water partition coefficient (Wildman–Crippen LogP) is 2.15. The number of pyridine rings is 1. The van der Waals surface area contributed by atoms with Gasteiger partial charge in [0.15, 0.2) is 0 Å². The minimum Gasteiger partial charge on any atom is -0.478 e. The van der Waals surface area contributed by atoms with Crippen LogP contribution in [0.2, 0.25) is 0 Å². The molecule has 0 aliphatic heterocycles. The number of hydrogen-bond acceptors (Lipinski definition) is 2. The predicted molar refractivity (Wildman–Crippen MR) is 51.6 cm³/mol. The van der Waals surface area contributed by atoms with Crippen LogP contribution in [0.4, 0.5) is 0 Å². The van der Waals surface area contributed by atoms with E-state index in [1.165, 1.54) is 0 Å². The van der Waals surface area contributed by atoms with Crippen LogP contribution in [0.5, 0.6) is 0 Å². The summed E-state index contributed by atoms with van der Waals surface area (Å²) < 4.78 is 1.17. The van der Waals surface area contributed by atoms with Crippen LogP contribution >= 0.6 is 38.5 Å². The minimum atomic E-state index is -0.970. The van der Waals surface area contributed by atoms with Crippen molar-refractivity contribution in [3.05, 3.63) is 26.0 Å². The summed E-state index contributed by atoms with van der Waals surface area (Å²) in [6.07, 6.45) is 1.59.